The second-order valence-corrected chi connectivity index (χ2v) is 6.65. The Balaban J connectivity index is 1.66. The molecule has 152 valence electrons. The summed E-state index contributed by atoms with van der Waals surface area (Å²) in [6.45, 7) is 0.565. The molecule has 0 saturated heterocycles. The molecule has 3 heterocycles. The number of carbonyl (C=O) groups is 1. The minimum Gasteiger partial charge on any atom is -0.465 e. The topological polar surface area (TPSA) is 113 Å². The third kappa shape index (κ3) is 4.41. The van der Waals surface area contributed by atoms with Crippen molar-refractivity contribution in [3.8, 4) is 6.07 Å². The second kappa shape index (κ2) is 8.88. The van der Waals surface area contributed by atoms with Gasteiger partial charge >= 0.3 is 5.97 Å². The average Bonchev–Trinajstić information content (AvgIpc) is 2.83. The van der Waals surface area contributed by atoms with E-state index in [4.69, 9.17) is 4.74 Å². The predicted octanol–water partition coefficient (Wildman–Crippen LogP) is 4.04. The van der Waals surface area contributed by atoms with Crippen LogP contribution < -0.4 is 10.6 Å². The van der Waals surface area contributed by atoms with Crippen LogP contribution in [0.3, 0.4) is 0 Å². The fraction of sp³-hybridized carbons (Fsp3) is 0.0870. The number of pyridine rings is 3. The number of aromatic nitrogens is 3. The van der Waals surface area contributed by atoms with E-state index in [0.29, 0.717) is 34.7 Å². The number of nitriles is 1. The van der Waals surface area contributed by atoms with Crippen molar-refractivity contribution in [2.24, 2.45) is 0 Å². The summed E-state index contributed by atoms with van der Waals surface area (Å²) in [6.07, 6.45) is 6.68. The molecule has 0 radical (unpaired) electrons. The van der Waals surface area contributed by atoms with Crippen LogP contribution in [-0.2, 0) is 11.3 Å². The normalized spacial score (nSPS) is 10.3. The van der Waals surface area contributed by atoms with E-state index in [2.05, 4.69) is 31.7 Å². The quantitative estimate of drug-likeness (QED) is 0.458. The molecule has 31 heavy (non-hydrogen) atoms. The Morgan fingerprint density at radius 2 is 1.97 bits per heavy atom. The summed E-state index contributed by atoms with van der Waals surface area (Å²) in [7, 11) is 1.34. The van der Waals surface area contributed by atoms with Gasteiger partial charge in [-0.05, 0) is 42.0 Å². The molecule has 0 bridgehead atoms. The summed E-state index contributed by atoms with van der Waals surface area (Å²) in [4.78, 5) is 24.5. The van der Waals surface area contributed by atoms with Crippen molar-refractivity contribution in [3.63, 3.8) is 0 Å². The fourth-order valence-corrected chi connectivity index (χ4v) is 3.06. The number of anilines is 3. The molecule has 0 unspecified atom stereocenters. The van der Waals surface area contributed by atoms with Crippen LogP contribution in [-0.4, -0.2) is 28.0 Å². The summed E-state index contributed by atoms with van der Waals surface area (Å²) < 4.78 is 4.73. The Hall–Kier alpha value is -4.51. The number of hydrogen-bond acceptors (Lipinski definition) is 8. The molecule has 0 spiro atoms. The molecule has 8 heteroatoms. The van der Waals surface area contributed by atoms with Gasteiger partial charge in [0.25, 0.3) is 0 Å². The molecule has 8 nitrogen and oxygen atoms in total. The van der Waals surface area contributed by atoms with Gasteiger partial charge in [0.2, 0.25) is 0 Å². The first-order valence-corrected chi connectivity index (χ1v) is 9.45. The molecule has 0 atom stereocenters. The van der Waals surface area contributed by atoms with E-state index in [1.54, 1.807) is 42.9 Å². The van der Waals surface area contributed by atoms with Crippen LogP contribution in [0.5, 0.6) is 0 Å². The van der Waals surface area contributed by atoms with Crippen LogP contribution in [0.2, 0.25) is 0 Å². The first-order valence-electron chi connectivity index (χ1n) is 9.45. The van der Waals surface area contributed by atoms with Crippen molar-refractivity contribution in [1.29, 1.82) is 5.26 Å². The summed E-state index contributed by atoms with van der Waals surface area (Å²) in [5, 5.41) is 16.9. The number of ether oxygens (including phenoxy) is 1. The Morgan fingerprint density at radius 3 is 2.68 bits per heavy atom. The van der Waals surface area contributed by atoms with Crippen LogP contribution in [0.4, 0.5) is 17.2 Å². The van der Waals surface area contributed by atoms with E-state index in [1.807, 2.05) is 18.2 Å². The molecule has 0 aliphatic heterocycles. The highest BCUT2D eigenvalue weighted by molar-refractivity contribution is 5.97. The van der Waals surface area contributed by atoms with Crippen LogP contribution in [0.15, 0.2) is 67.3 Å². The number of fused-ring (bicyclic) bond motifs is 1. The molecule has 0 amide bonds. The lowest BCUT2D eigenvalue weighted by atomic mass is 10.1. The Kier molecular flexibility index (Phi) is 5.67. The first-order chi connectivity index (χ1) is 15.2. The lowest BCUT2D eigenvalue weighted by Crippen LogP contribution is -2.03. The van der Waals surface area contributed by atoms with Crippen molar-refractivity contribution < 1.29 is 9.53 Å². The van der Waals surface area contributed by atoms with Gasteiger partial charge in [0.1, 0.15) is 11.9 Å². The molecule has 1 aromatic carbocycles. The molecule has 4 rings (SSSR count). The van der Waals surface area contributed by atoms with Crippen LogP contribution in [0.1, 0.15) is 21.5 Å². The molecule has 0 aliphatic rings. The van der Waals surface area contributed by atoms with Crippen molar-refractivity contribution in [2.45, 2.75) is 6.54 Å². The molecule has 0 aliphatic carbocycles. The predicted molar refractivity (Wildman–Crippen MR) is 117 cm³/mol. The van der Waals surface area contributed by atoms with Crippen molar-refractivity contribution in [3.05, 3.63) is 83.9 Å². The van der Waals surface area contributed by atoms with Gasteiger partial charge < -0.3 is 15.4 Å². The van der Waals surface area contributed by atoms with E-state index in [-0.39, 0.29) is 0 Å². The summed E-state index contributed by atoms with van der Waals surface area (Å²) >= 11 is 0. The zero-order chi connectivity index (χ0) is 21.6. The molecular formula is C23H18N6O2. The average molecular weight is 410 g/mol. The molecular weight excluding hydrogens is 392 g/mol. The fourth-order valence-electron chi connectivity index (χ4n) is 3.06. The Labute approximate surface area is 178 Å². The highest BCUT2D eigenvalue weighted by atomic mass is 16.5. The van der Waals surface area contributed by atoms with Gasteiger partial charge in [-0.1, -0.05) is 6.07 Å². The van der Waals surface area contributed by atoms with E-state index in [0.717, 1.165) is 16.6 Å². The monoisotopic (exact) mass is 410 g/mol. The highest BCUT2D eigenvalue weighted by Crippen LogP contribution is 2.30. The molecule has 2 N–H and O–H groups in total. The maximum Gasteiger partial charge on any atom is 0.337 e. The zero-order valence-corrected chi connectivity index (χ0v) is 16.7. The molecule has 0 saturated carbocycles. The third-order valence-electron chi connectivity index (χ3n) is 4.65. The minimum atomic E-state index is -0.408. The lowest BCUT2D eigenvalue weighted by molar-refractivity contribution is 0.0601. The van der Waals surface area contributed by atoms with Crippen molar-refractivity contribution >= 4 is 34.1 Å². The summed E-state index contributed by atoms with van der Waals surface area (Å²) in [6, 6.07) is 14.7. The highest BCUT2D eigenvalue weighted by Gasteiger charge is 2.12. The third-order valence-corrected chi connectivity index (χ3v) is 4.65. The van der Waals surface area contributed by atoms with Crippen LogP contribution in [0, 0.1) is 11.3 Å². The largest absolute Gasteiger partial charge is 0.465 e. The van der Waals surface area contributed by atoms with E-state index < -0.39 is 5.97 Å². The zero-order valence-electron chi connectivity index (χ0n) is 16.7. The second-order valence-electron chi connectivity index (χ2n) is 6.65. The molecule has 3 aromatic heterocycles. The molecule has 0 fully saturated rings. The maximum absolute atomic E-state index is 11.6. The minimum absolute atomic E-state index is 0.397. The van der Waals surface area contributed by atoms with E-state index >= 15 is 0 Å². The van der Waals surface area contributed by atoms with Gasteiger partial charge in [0.05, 0.1) is 35.6 Å². The van der Waals surface area contributed by atoms with Gasteiger partial charge in [0, 0.05) is 36.2 Å². The van der Waals surface area contributed by atoms with Gasteiger partial charge in [-0.3, -0.25) is 9.97 Å². The van der Waals surface area contributed by atoms with Crippen LogP contribution >= 0.6 is 0 Å². The van der Waals surface area contributed by atoms with Crippen molar-refractivity contribution in [2.75, 3.05) is 17.7 Å². The van der Waals surface area contributed by atoms with E-state index in [1.165, 1.54) is 13.3 Å². The maximum atomic E-state index is 11.6. The number of hydrogen-bond donors (Lipinski definition) is 2. The van der Waals surface area contributed by atoms with Gasteiger partial charge in [0.15, 0.2) is 0 Å². The van der Waals surface area contributed by atoms with Gasteiger partial charge in [-0.15, -0.1) is 0 Å². The van der Waals surface area contributed by atoms with Gasteiger partial charge in [-0.2, -0.15) is 5.26 Å². The van der Waals surface area contributed by atoms with Crippen LogP contribution in [0.25, 0.3) is 10.9 Å². The van der Waals surface area contributed by atoms with E-state index in [9.17, 15) is 10.1 Å². The Bertz CT molecular complexity index is 1270. The summed E-state index contributed by atoms with van der Waals surface area (Å²) in [5.74, 6) is 0.242. The number of nitrogens with zero attached hydrogens (tertiary/aromatic N) is 4. The SMILES string of the molecule is COC(=O)c1ccc(Nc2c(C#N)cnc3cnc(NCc4cccnc4)cc23)cc1. The molecule has 4 aromatic rings. The number of methoxy groups -OCH3 is 1. The number of benzene rings is 1. The van der Waals surface area contributed by atoms with Gasteiger partial charge in [-0.25, -0.2) is 9.78 Å². The number of rotatable bonds is 6. The number of nitrogens with one attached hydrogen (secondary N) is 2. The number of esters is 1. The Morgan fingerprint density at radius 1 is 1.13 bits per heavy atom. The van der Waals surface area contributed by atoms with Crippen molar-refractivity contribution in [1.82, 2.24) is 15.0 Å². The first kappa shape index (κ1) is 19.8. The standard InChI is InChI=1S/C23H18N6O2/c1-31-23(30)16-4-6-18(7-5-16)29-22-17(10-24)13-26-20-14-28-21(9-19(20)22)27-12-15-3-2-8-25-11-15/h2-9,11,13-14H,12H2,1H3,(H,26,29)(H,27,28). The number of carbonyl (C=O) groups excluding carboxylic acids is 1. The lowest BCUT2D eigenvalue weighted by Gasteiger charge is -2.13. The summed E-state index contributed by atoms with van der Waals surface area (Å²) in [5.41, 5.74) is 3.86. The smallest absolute Gasteiger partial charge is 0.337 e.